The fourth-order valence-corrected chi connectivity index (χ4v) is 7.72. The molecule has 0 spiro atoms. The molecule has 8 N–H and O–H groups in total. The topological polar surface area (TPSA) is 250 Å². The van der Waals surface area contributed by atoms with Crippen LogP contribution in [0.4, 0.5) is 0 Å². The van der Waals surface area contributed by atoms with E-state index in [0.717, 1.165) is 70.6 Å². The molecule has 0 aromatic carbocycles. The molecule has 3 unspecified atom stereocenters. The lowest BCUT2D eigenvalue weighted by atomic mass is 9.85. The van der Waals surface area contributed by atoms with Crippen molar-refractivity contribution in [1.82, 2.24) is 0 Å². The Kier molecular flexibility index (Phi) is 35.4. The second-order valence-electron chi connectivity index (χ2n) is 16.7. The molecule has 16 heteroatoms. The van der Waals surface area contributed by atoms with Gasteiger partial charge in [0.1, 0.15) is 43.2 Å². The molecule has 0 heterocycles. The van der Waals surface area contributed by atoms with E-state index in [-0.39, 0.29) is 25.7 Å². The summed E-state index contributed by atoms with van der Waals surface area (Å²) in [5, 5.41) is 70.5. The van der Waals surface area contributed by atoms with Crippen LogP contribution in [0, 0.1) is 0 Å². The minimum absolute atomic E-state index is 0.0316. The Morgan fingerprint density at radius 3 is 1.65 bits per heavy atom. The minimum atomic E-state index is -5.19. The maximum atomic E-state index is 12.8. The van der Waals surface area contributed by atoms with E-state index in [4.69, 9.17) is 18.5 Å². The van der Waals surface area contributed by atoms with Gasteiger partial charge >= 0.3 is 19.8 Å². The van der Waals surface area contributed by atoms with Crippen LogP contribution < -0.4 is 0 Å². The first-order valence-corrected chi connectivity index (χ1v) is 25.5. The SMILES string of the molecule is CCCCC/C=C\C/C=C\CCCCCCCCCC(=O)O[C@H](COC(=O)CCC[C@H](O)\C=C/C=C/C=C/[C@H](O)C/C=C\CCCCC)COP(=O)(O)OC1[C@H](O)[C@H](O)C(O)[C@H](O)[C@H]1O. The molecule has 1 saturated carbocycles. The number of unbranched alkanes of at least 4 members (excludes halogenated alkanes) is 13. The van der Waals surface area contributed by atoms with E-state index in [0.29, 0.717) is 12.8 Å². The van der Waals surface area contributed by atoms with Crippen molar-refractivity contribution in [1.29, 1.82) is 0 Å². The molecule has 0 aliphatic heterocycles. The van der Waals surface area contributed by atoms with E-state index in [1.54, 1.807) is 36.5 Å². The number of hydrogen-bond donors (Lipinski definition) is 8. The van der Waals surface area contributed by atoms with Crippen LogP contribution in [0.2, 0.25) is 0 Å². The molecule has 0 aromatic heterocycles. The number of esters is 2. The highest BCUT2D eigenvalue weighted by Gasteiger charge is 2.51. The van der Waals surface area contributed by atoms with Gasteiger partial charge in [-0.25, -0.2) is 4.57 Å². The van der Waals surface area contributed by atoms with Crippen LogP contribution in [-0.2, 0) is 32.7 Å². The highest BCUT2D eigenvalue weighted by molar-refractivity contribution is 7.47. The molecule has 10 atom stereocenters. The van der Waals surface area contributed by atoms with Gasteiger partial charge in [0.25, 0.3) is 0 Å². The van der Waals surface area contributed by atoms with E-state index < -0.39 is 87.9 Å². The van der Waals surface area contributed by atoms with Gasteiger partial charge in [0, 0.05) is 12.8 Å². The third-order valence-electron chi connectivity index (χ3n) is 10.7. The predicted molar refractivity (Wildman–Crippen MR) is 251 cm³/mol. The van der Waals surface area contributed by atoms with E-state index >= 15 is 0 Å². The summed E-state index contributed by atoms with van der Waals surface area (Å²) in [4.78, 5) is 35.8. The standard InChI is InChI=1S/C49H83O15P/c1-3-5-7-9-11-12-13-14-15-16-17-18-19-20-21-23-29-35-43(53)63-41(38-62-65(59,60)64-49-47(57)45(55)44(54)46(56)48(49)58)37-61-42(52)36-30-34-40(51)33-28-25-24-27-32-39(50)31-26-22-10-8-6-4-2/h11-12,14-15,22,24-28,32-33,39-41,44-51,54-58H,3-10,13,16-21,23,29-31,34-38H2,1-2H3,(H,59,60)/b12-11-,15-14-,25-24+,26-22-,32-27+,33-28-/t39-,40-,41-,44?,45-,46+,47-,48-,49?/m1/s1. The molecule has 1 aliphatic rings. The Bertz CT molecular complexity index is 1450. The third-order valence-corrected chi connectivity index (χ3v) is 11.7. The van der Waals surface area contributed by atoms with Crippen molar-refractivity contribution in [3.63, 3.8) is 0 Å². The fraction of sp³-hybridized carbons (Fsp3) is 0.714. The summed E-state index contributed by atoms with van der Waals surface area (Å²) in [6, 6.07) is 0. The monoisotopic (exact) mass is 943 g/mol. The fourth-order valence-electron chi connectivity index (χ4n) is 6.75. The predicted octanol–water partition coefficient (Wildman–Crippen LogP) is 7.44. The van der Waals surface area contributed by atoms with E-state index in [9.17, 15) is 54.8 Å². The summed E-state index contributed by atoms with van der Waals surface area (Å²) in [6.07, 6.45) is 27.0. The molecule has 1 fully saturated rings. The zero-order valence-electron chi connectivity index (χ0n) is 39.0. The highest BCUT2D eigenvalue weighted by atomic mass is 31.2. The van der Waals surface area contributed by atoms with Crippen LogP contribution in [0.15, 0.2) is 72.9 Å². The van der Waals surface area contributed by atoms with Gasteiger partial charge in [-0.15, -0.1) is 0 Å². The zero-order valence-corrected chi connectivity index (χ0v) is 39.9. The molecule has 0 saturated heterocycles. The van der Waals surface area contributed by atoms with Crippen molar-refractivity contribution >= 4 is 19.8 Å². The van der Waals surface area contributed by atoms with Crippen molar-refractivity contribution in [3.05, 3.63) is 72.9 Å². The number of carbonyl (C=O) groups is 2. The second-order valence-corrected chi connectivity index (χ2v) is 18.1. The van der Waals surface area contributed by atoms with Crippen LogP contribution >= 0.6 is 7.82 Å². The van der Waals surface area contributed by atoms with Gasteiger partial charge in [-0.1, -0.05) is 145 Å². The molecule has 374 valence electrons. The maximum Gasteiger partial charge on any atom is 0.472 e. The summed E-state index contributed by atoms with van der Waals surface area (Å²) in [5.41, 5.74) is 0. The van der Waals surface area contributed by atoms with Crippen molar-refractivity contribution < 1.29 is 73.3 Å². The molecule has 0 bridgehead atoms. The van der Waals surface area contributed by atoms with Gasteiger partial charge in [0.15, 0.2) is 6.10 Å². The number of allylic oxidation sites excluding steroid dienone is 9. The summed E-state index contributed by atoms with van der Waals surface area (Å²) in [6.45, 7) is 2.99. The van der Waals surface area contributed by atoms with Gasteiger partial charge < -0.3 is 50.1 Å². The zero-order chi connectivity index (χ0) is 48.1. The molecule has 0 radical (unpaired) electrons. The van der Waals surface area contributed by atoms with Gasteiger partial charge in [-0.2, -0.15) is 0 Å². The molecule has 1 aliphatic carbocycles. The first-order chi connectivity index (χ1) is 31.2. The summed E-state index contributed by atoms with van der Waals surface area (Å²) in [7, 11) is -5.19. The van der Waals surface area contributed by atoms with E-state index in [1.165, 1.54) is 32.1 Å². The van der Waals surface area contributed by atoms with Crippen LogP contribution in [0.5, 0.6) is 0 Å². The van der Waals surface area contributed by atoms with Crippen molar-refractivity contribution in [2.45, 2.75) is 210 Å². The Morgan fingerprint density at radius 2 is 1.06 bits per heavy atom. The van der Waals surface area contributed by atoms with Crippen molar-refractivity contribution in [2.24, 2.45) is 0 Å². The van der Waals surface area contributed by atoms with Crippen LogP contribution in [-0.4, -0.2) is 121 Å². The number of ether oxygens (including phenoxy) is 2. The molecule has 0 amide bonds. The number of rotatable bonds is 38. The lowest BCUT2D eigenvalue weighted by molar-refractivity contribution is -0.220. The minimum Gasteiger partial charge on any atom is -0.462 e. The summed E-state index contributed by atoms with van der Waals surface area (Å²) in [5.74, 6) is -1.35. The first-order valence-electron chi connectivity index (χ1n) is 24.0. The van der Waals surface area contributed by atoms with Crippen LogP contribution in [0.1, 0.15) is 155 Å². The van der Waals surface area contributed by atoms with E-state index in [2.05, 4.69) is 44.2 Å². The molecule has 65 heavy (non-hydrogen) atoms. The normalized spacial score (nSPS) is 23.0. The Morgan fingerprint density at radius 1 is 0.569 bits per heavy atom. The van der Waals surface area contributed by atoms with Crippen LogP contribution in [0.25, 0.3) is 0 Å². The quantitative estimate of drug-likeness (QED) is 0.00985. The lowest BCUT2D eigenvalue weighted by Crippen LogP contribution is -2.64. The third kappa shape index (κ3) is 31.0. The van der Waals surface area contributed by atoms with Crippen molar-refractivity contribution in [2.75, 3.05) is 13.2 Å². The number of aliphatic hydroxyl groups excluding tert-OH is 7. The van der Waals surface area contributed by atoms with Gasteiger partial charge in [-0.05, 0) is 70.6 Å². The maximum absolute atomic E-state index is 12.8. The number of phosphoric acid groups is 1. The van der Waals surface area contributed by atoms with Gasteiger partial charge in [0.2, 0.25) is 0 Å². The number of aliphatic hydroxyl groups is 7. The molecular formula is C49H83O15P. The summed E-state index contributed by atoms with van der Waals surface area (Å²) >= 11 is 0. The number of hydrogen-bond acceptors (Lipinski definition) is 14. The Balaban J connectivity index is 2.57. The molecule has 1 rings (SSSR count). The molecule has 15 nitrogen and oxygen atoms in total. The average molecular weight is 943 g/mol. The second kappa shape index (κ2) is 38.2. The Labute approximate surface area is 388 Å². The highest BCUT2D eigenvalue weighted by Crippen LogP contribution is 2.47. The molecular weight excluding hydrogens is 859 g/mol. The van der Waals surface area contributed by atoms with Gasteiger partial charge in [-0.3, -0.25) is 18.6 Å². The van der Waals surface area contributed by atoms with Crippen molar-refractivity contribution in [3.8, 4) is 0 Å². The first kappa shape index (κ1) is 60.2. The number of carbonyl (C=O) groups excluding carboxylic acids is 2. The summed E-state index contributed by atoms with van der Waals surface area (Å²) < 4.78 is 33.4. The molecule has 0 aromatic rings. The lowest BCUT2D eigenvalue weighted by Gasteiger charge is -2.41. The largest absolute Gasteiger partial charge is 0.472 e. The Hall–Kier alpha value is -2.79. The number of phosphoric ester groups is 1. The van der Waals surface area contributed by atoms with Crippen LogP contribution in [0.3, 0.4) is 0 Å². The smallest absolute Gasteiger partial charge is 0.462 e. The average Bonchev–Trinajstić information content (AvgIpc) is 3.28. The van der Waals surface area contributed by atoms with Gasteiger partial charge in [0.05, 0.1) is 18.8 Å². The van der Waals surface area contributed by atoms with E-state index in [1.807, 2.05) is 6.08 Å².